The molecule has 0 N–H and O–H groups in total. The van der Waals surface area contributed by atoms with Crippen LogP contribution in [0.1, 0.15) is 5.56 Å². The van der Waals surface area contributed by atoms with Crippen molar-refractivity contribution in [3.63, 3.8) is 0 Å². The van der Waals surface area contributed by atoms with Crippen molar-refractivity contribution in [3.05, 3.63) is 71.1 Å². The maximum atomic E-state index is 11.7. The first-order valence-corrected chi connectivity index (χ1v) is 5.93. The molecule has 0 spiro atoms. The summed E-state index contributed by atoms with van der Waals surface area (Å²) in [5.74, 6) is 0.555. The van der Waals surface area contributed by atoms with Gasteiger partial charge in [0.25, 0.3) is 0 Å². The molecular formula is C15H12N2O2. The third-order valence-corrected chi connectivity index (χ3v) is 2.86. The molecule has 3 aromatic rings. The molecule has 4 heteroatoms. The molecule has 0 amide bonds. The molecule has 94 valence electrons. The first kappa shape index (κ1) is 11.5. The van der Waals surface area contributed by atoms with Gasteiger partial charge >= 0.3 is 5.63 Å². The molecule has 0 bridgehead atoms. The molecular weight excluding hydrogens is 240 g/mol. The Labute approximate surface area is 110 Å². The summed E-state index contributed by atoms with van der Waals surface area (Å²) in [6, 6.07) is 11.1. The van der Waals surface area contributed by atoms with Gasteiger partial charge in [-0.3, -0.25) is 0 Å². The van der Waals surface area contributed by atoms with Gasteiger partial charge in [0.2, 0.25) is 0 Å². The normalized spacial score (nSPS) is 10.6. The predicted molar refractivity (Wildman–Crippen MR) is 72.3 cm³/mol. The highest BCUT2D eigenvalue weighted by Crippen LogP contribution is 2.21. The van der Waals surface area contributed by atoms with Gasteiger partial charge in [-0.05, 0) is 13.0 Å². The first-order chi connectivity index (χ1) is 9.22. The van der Waals surface area contributed by atoms with Crippen LogP contribution < -0.4 is 5.63 Å². The maximum absolute atomic E-state index is 11.7. The molecule has 1 aromatic carbocycles. The van der Waals surface area contributed by atoms with Crippen LogP contribution in [0.4, 0.5) is 0 Å². The summed E-state index contributed by atoms with van der Waals surface area (Å²) < 4.78 is 7.04. The van der Waals surface area contributed by atoms with Crippen LogP contribution in [0.5, 0.6) is 0 Å². The van der Waals surface area contributed by atoms with E-state index in [2.05, 4.69) is 4.98 Å². The Morgan fingerprint density at radius 2 is 2.11 bits per heavy atom. The van der Waals surface area contributed by atoms with E-state index in [-0.39, 0.29) is 5.63 Å². The van der Waals surface area contributed by atoms with Crippen molar-refractivity contribution in [2.75, 3.05) is 0 Å². The molecule has 3 rings (SSSR count). The van der Waals surface area contributed by atoms with Crippen LogP contribution in [0.25, 0.3) is 17.0 Å². The molecule has 0 aliphatic heterocycles. The monoisotopic (exact) mass is 252 g/mol. The van der Waals surface area contributed by atoms with Crippen molar-refractivity contribution < 1.29 is 4.42 Å². The van der Waals surface area contributed by atoms with Crippen molar-refractivity contribution in [2.45, 2.75) is 6.92 Å². The van der Waals surface area contributed by atoms with E-state index < -0.39 is 0 Å². The Hall–Kier alpha value is -2.62. The van der Waals surface area contributed by atoms with Crippen molar-refractivity contribution in [2.24, 2.45) is 0 Å². The number of benzene rings is 1. The maximum Gasteiger partial charge on any atom is 0.338 e. The summed E-state index contributed by atoms with van der Waals surface area (Å²) in [7, 11) is 0. The molecule has 4 nitrogen and oxygen atoms in total. The standard InChI is InChI=1S/C15H12N2O2/c1-11-3-2-4-12(7-11)14-8-13(9-15(18)19-14)17-6-5-16-10-17/h2-10H,1H3. The fourth-order valence-electron chi connectivity index (χ4n) is 1.97. The minimum atomic E-state index is -0.372. The smallest absolute Gasteiger partial charge is 0.338 e. The van der Waals surface area contributed by atoms with E-state index in [9.17, 15) is 4.79 Å². The van der Waals surface area contributed by atoms with Gasteiger partial charge in [0, 0.05) is 30.1 Å². The van der Waals surface area contributed by atoms with Crippen LogP contribution in [-0.2, 0) is 0 Å². The zero-order valence-corrected chi connectivity index (χ0v) is 10.4. The highest BCUT2D eigenvalue weighted by molar-refractivity contribution is 5.60. The molecule has 0 radical (unpaired) electrons. The summed E-state index contributed by atoms with van der Waals surface area (Å²) in [4.78, 5) is 15.6. The number of aromatic nitrogens is 2. The topological polar surface area (TPSA) is 48.0 Å². The molecule has 0 unspecified atom stereocenters. The SMILES string of the molecule is Cc1cccc(-c2cc(-n3ccnc3)cc(=O)o2)c1. The second kappa shape index (κ2) is 4.57. The minimum absolute atomic E-state index is 0.372. The van der Waals surface area contributed by atoms with Crippen LogP contribution >= 0.6 is 0 Å². The summed E-state index contributed by atoms with van der Waals surface area (Å²) >= 11 is 0. The average molecular weight is 252 g/mol. The van der Waals surface area contributed by atoms with E-state index in [0.717, 1.165) is 16.8 Å². The van der Waals surface area contributed by atoms with Crippen LogP contribution in [0.2, 0.25) is 0 Å². The fraction of sp³-hybridized carbons (Fsp3) is 0.0667. The van der Waals surface area contributed by atoms with Crippen LogP contribution in [0.15, 0.2) is 64.3 Å². The predicted octanol–water partition coefficient (Wildman–Crippen LogP) is 2.80. The fourth-order valence-corrected chi connectivity index (χ4v) is 1.97. The lowest BCUT2D eigenvalue weighted by Gasteiger charge is -2.05. The van der Waals surface area contributed by atoms with Gasteiger partial charge in [-0.2, -0.15) is 0 Å². The van der Waals surface area contributed by atoms with Gasteiger partial charge in [-0.15, -0.1) is 0 Å². The Balaban J connectivity index is 2.15. The number of imidazole rings is 1. The van der Waals surface area contributed by atoms with Crippen molar-refractivity contribution in [3.8, 4) is 17.0 Å². The zero-order valence-electron chi connectivity index (χ0n) is 10.4. The van der Waals surface area contributed by atoms with E-state index in [1.807, 2.05) is 37.3 Å². The second-order valence-corrected chi connectivity index (χ2v) is 4.34. The highest BCUT2D eigenvalue weighted by Gasteiger charge is 2.06. The van der Waals surface area contributed by atoms with Crippen molar-refractivity contribution in [1.29, 1.82) is 0 Å². The molecule has 0 saturated carbocycles. The van der Waals surface area contributed by atoms with Crippen molar-refractivity contribution in [1.82, 2.24) is 9.55 Å². The Bertz CT molecular complexity index is 758. The van der Waals surface area contributed by atoms with Gasteiger partial charge in [-0.25, -0.2) is 9.78 Å². The Morgan fingerprint density at radius 3 is 2.84 bits per heavy atom. The molecule has 2 heterocycles. The quantitative estimate of drug-likeness (QED) is 0.704. The van der Waals surface area contributed by atoms with Gasteiger partial charge in [0.15, 0.2) is 0 Å². The van der Waals surface area contributed by atoms with E-state index in [1.54, 1.807) is 23.3 Å². The Morgan fingerprint density at radius 1 is 1.21 bits per heavy atom. The number of aryl methyl sites for hydroxylation is 1. The van der Waals surface area contributed by atoms with Gasteiger partial charge in [0.05, 0.1) is 12.0 Å². The number of rotatable bonds is 2. The van der Waals surface area contributed by atoms with Crippen molar-refractivity contribution >= 4 is 0 Å². The third kappa shape index (κ3) is 2.33. The van der Waals surface area contributed by atoms with Gasteiger partial charge in [-0.1, -0.05) is 23.8 Å². The number of hydrogen-bond acceptors (Lipinski definition) is 3. The lowest BCUT2D eigenvalue weighted by atomic mass is 10.1. The number of nitrogens with zero attached hydrogens (tertiary/aromatic N) is 2. The van der Waals surface area contributed by atoms with E-state index in [1.165, 1.54) is 6.07 Å². The molecule has 0 atom stereocenters. The van der Waals surface area contributed by atoms with Crippen LogP contribution in [-0.4, -0.2) is 9.55 Å². The van der Waals surface area contributed by atoms with E-state index in [4.69, 9.17) is 4.42 Å². The number of hydrogen-bond donors (Lipinski definition) is 0. The summed E-state index contributed by atoms with van der Waals surface area (Å²) in [6.07, 6.45) is 5.10. The third-order valence-electron chi connectivity index (χ3n) is 2.86. The molecule has 0 fully saturated rings. The van der Waals surface area contributed by atoms with Gasteiger partial charge < -0.3 is 8.98 Å². The van der Waals surface area contributed by atoms with E-state index in [0.29, 0.717) is 5.76 Å². The first-order valence-electron chi connectivity index (χ1n) is 5.93. The lowest BCUT2D eigenvalue weighted by Crippen LogP contribution is -2.02. The van der Waals surface area contributed by atoms with Gasteiger partial charge in [0.1, 0.15) is 5.76 Å². The molecule has 0 aliphatic carbocycles. The molecule has 0 saturated heterocycles. The summed E-state index contributed by atoms with van der Waals surface area (Å²) in [5.41, 5.74) is 2.38. The summed E-state index contributed by atoms with van der Waals surface area (Å²) in [6.45, 7) is 2.00. The van der Waals surface area contributed by atoms with Crippen LogP contribution in [0.3, 0.4) is 0 Å². The summed E-state index contributed by atoms with van der Waals surface area (Å²) in [5, 5.41) is 0. The largest absolute Gasteiger partial charge is 0.423 e. The lowest BCUT2D eigenvalue weighted by molar-refractivity contribution is 0.524. The molecule has 2 aromatic heterocycles. The zero-order chi connectivity index (χ0) is 13.2. The van der Waals surface area contributed by atoms with Crippen LogP contribution in [0, 0.1) is 6.92 Å². The average Bonchev–Trinajstić information content (AvgIpc) is 2.92. The molecule has 0 aliphatic rings. The highest BCUT2D eigenvalue weighted by atomic mass is 16.4. The van der Waals surface area contributed by atoms with E-state index >= 15 is 0 Å². The minimum Gasteiger partial charge on any atom is -0.423 e. The molecule has 19 heavy (non-hydrogen) atoms. The Kier molecular flexibility index (Phi) is 2.76. The second-order valence-electron chi connectivity index (χ2n) is 4.34.